The Morgan fingerprint density at radius 3 is 2.79 bits per heavy atom. The SMILES string of the molecule is COCC(C)CNC1CC(C)N(C)C1. The third kappa shape index (κ3) is 3.56. The molecule has 0 aromatic carbocycles. The van der Waals surface area contributed by atoms with Crippen molar-refractivity contribution in [3.63, 3.8) is 0 Å². The lowest BCUT2D eigenvalue weighted by Gasteiger charge is -2.16. The van der Waals surface area contributed by atoms with E-state index >= 15 is 0 Å². The zero-order valence-electron chi connectivity index (χ0n) is 9.92. The van der Waals surface area contributed by atoms with Gasteiger partial charge in [-0.15, -0.1) is 0 Å². The van der Waals surface area contributed by atoms with Crippen LogP contribution in [0.1, 0.15) is 20.3 Å². The van der Waals surface area contributed by atoms with Crippen LogP contribution in [0.25, 0.3) is 0 Å². The van der Waals surface area contributed by atoms with Gasteiger partial charge in [-0.05, 0) is 26.3 Å². The minimum atomic E-state index is 0.612. The summed E-state index contributed by atoms with van der Waals surface area (Å²) in [6, 6.07) is 1.40. The lowest BCUT2D eigenvalue weighted by atomic mass is 10.1. The maximum Gasteiger partial charge on any atom is 0.0499 e. The summed E-state index contributed by atoms with van der Waals surface area (Å²) in [5, 5.41) is 3.61. The highest BCUT2D eigenvalue weighted by molar-refractivity contribution is 4.85. The summed E-state index contributed by atoms with van der Waals surface area (Å²) in [7, 11) is 3.97. The van der Waals surface area contributed by atoms with Gasteiger partial charge in [0.05, 0.1) is 0 Å². The third-order valence-corrected chi connectivity index (χ3v) is 3.09. The Morgan fingerprint density at radius 1 is 1.57 bits per heavy atom. The minimum absolute atomic E-state index is 0.612. The van der Waals surface area contributed by atoms with E-state index in [-0.39, 0.29) is 0 Å². The van der Waals surface area contributed by atoms with Crippen molar-refractivity contribution in [1.82, 2.24) is 10.2 Å². The number of methoxy groups -OCH3 is 1. The van der Waals surface area contributed by atoms with E-state index in [0.29, 0.717) is 12.0 Å². The molecule has 3 unspecified atom stereocenters. The molecule has 0 aliphatic carbocycles. The van der Waals surface area contributed by atoms with Gasteiger partial charge >= 0.3 is 0 Å². The number of nitrogens with zero attached hydrogens (tertiary/aromatic N) is 1. The molecule has 0 bridgehead atoms. The Kier molecular flexibility index (Phi) is 4.85. The smallest absolute Gasteiger partial charge is 0.0499 e. The van der Waals surface area contributed by atoms with Crippen molar-refractivity contribution < 1.29 is 4.74 Å². The van der Waals surface area contributed by atoms with Crippen LogP contribution < -0.4 is 5.32 Å². The molecule has 3 heteroatoms. The third-order valence-electron chi connectivity index (χ3n) is 3.09. The van der Waals surface area contributed by atoms with Crippen LogP contribution in [0.2, 0.25) is 0 Å². The first-order valence-corrected chi connectivity index (χ1v) is 5.56. The first kappa shape index (κ1) is 12.0. The average Bonchev–Trinajstić information content (AvgIpc) is 2.44. The second kappa shape index (κ2) is 5.69. The van der Waals surface area contributed by atoms with Gasteiger partial charge in [-0.2, -0.15) is 0 Å². The van der Waals surface area contributed by atoms with Crippen molar-refractivity contribution in [3.05, 3.63) is 0 Å². The van der Waals surface area contributed by atoms with Gasteiger partial charge in [0.1, 0.15) is 0 Å². The van der Waals surface area contributed by atoms with Gasteiger partial charge in [0.2, 0.25) is 0 Å². The number of nitrogens with one attached hydrogen (secondary N) is 1. The molecule has 3 atom stereocenters. The van der Waals surface area contributed by atoms with Crippen LogP contribution in [-0.4, -0.2) is 50.8 Å². The minimum Gasteiger partial charge on any atom is -0.384 e. The van der Waals surface area contributed by atoms with Crippen LogP contribution in [0.4, 0.5) is 0 Å². The number of ether oxygens (including phenoxy) is 1. The summed E-state index contributed by atoms with van der Waals surface area (Å²) in [6.07, 6.45) is 1.27. The van der Waals surface area contributed by atoms with Crippen molar-refractivity contribution in [2.45, 2.75) is 32.4 Å². The van der Waals surface area contributed by atoms with Crippen LogP contribution >= 0.6 is 0 Å². The molecule has 0 radical (unpaired) electrons. The van der Waals surface area contributed by atoms with Crippen molar-refractivity contribution in [2.75, 3.05) is 33.9 Å². The number of hydrogen-bond donors (Lipinski definition) is 1. The lowest BCUT2D eigenvalue weighted by Crippen LogP contribution is -2.35. The van der Waals surface area contributed by atoms with Gasteiger partial charge in [-0.1, -0.05) is 6.92 Å². The molecule has 1 N–H and O–H groups in total. The van der Waals surface area contributed by atoms with Crippen molar-refractivity contribution in [3.8, 4) is 0 Å². The summed E-state index contributed by atoms with van der Waals surface area (Å²) in [5.41, 5.74) is 0. The Morgan fingerprint density at radius 2 is 2.29 bits per heavy atom. The highest BCUT2D eigenvalue weighted by Gasteiger charge is 2.25. The molecule has 0 amide bonds. The first-order chi connectivity index (χ1) is 6.63. The van der Waals surface area contributed by atoms with Crippen molar-refractivity contribution in [1.29, 1.82) is 0 Å². The molecule has 1 saturated heterocycles. The quantitative estimate of drug-likeness (QED) is 0.715. The van der Waals surface area contributed by atoms with Gasteiger partial charge in [-0.25, -0.2) is 0 Å². The van der Waals surface area contributed by atoms with Gasteiger partial charge in [0.25, 0.3) is 0 Å². The van der Waals surface area contributed by atoms with E-state index in [2.05, 4.69) is 31.1 Å². The van der Waals surface area contributed by atoms with Gasteiger partial charge in [0, 0.05) is 38.9 Å². The monoisotopic (exact) mass is 200 g/mol. The normalized spacial score (nSPS) is 30.9. The first-order valence-electron chi connectivity index (χ1n) is 5.56. The lowest BCUT2D eigenvalue weighted by molar-refractivity contribution is 0.157. The summed E-state index contributed by atoms with van der Waals surface area (Å²) < 4.78 is 5.11. The summed E-state index contributed by atoms with van der Waals surface area (Å²) in [6.45, 7) is 7.61. The molecule has 3 nitrogen and oxygen atoms in total. The fourth-order valence-corrected chi connectivity index (χ4v) is 2.05. The second-order valence-electron chi connectivity index (χ2n) is 4.69. The van der Waals surface area contributed by atoms with E-state index < -0.39 is 0 Å². The van der Waals surface area contributed by atoms with E-state index in [1.165, 1.54) is 13.0 Å². The molecule has 14 heavy (non-hydrogen) atoms. The second-order valence-corrected chi connectivity index (χ2v) is 4.69. The Labute approximate surface area is 87.8 Å². The molecule has 0 spiro atoms. The topological polar surface area (TPSA) is 24.5 Å². The fraction of sp³-hybridized carbons (Fsp3) is 1.00. The van der Waals surface area contributed by atoms with Crippen molar-refractivity contribution in [2.24, 2.45) is 5.92 Å². The molecule has 0 aromatic heterocycles. The van der Waals surface area contributed by atoms with E-state index in [9.17, 15) is 0 Å². The maximum atomic E-state index is 5.11. The molecule has 1 fully saturated rings. The van der Waals surface area contributed by atoms with Crippen LogP contribution in [0.15, 0.2) is 0 Å². The molecule has 1 aliphatic rings. The van der Waals surface area contributed by atoms with E-state index in [1.807, 2.05) is 0 Å². The molecule has 84 valence electrons. The van der Waals surface area contributed by atoms with E-state index in [0.717, 1.165) is 19.2 Å². The van der Waals surface area contributed by atoms with E-state index in [1.54, 1.807) is 7.11 Å². The molecule has 0 aromatic rings. The Bertz CT molecular complexity index is 153. The predicted octanol–water partition coefficient (Wildman–Crippen LogP) is 0.951. The number of likely N-dealkylation sites (N-methyl/N-ethyl adjacent to an activating group) is 1. The number of hydrogen-bond acceptors (Lipinski definition) is 3. The Hall–Kier alpha value is -0.120. The highest BCUT2D eigenvalue weighted by atomic mass is 16.5. The van der Waals surface area contributed by atoms with Gasteiger partial charge in [-0.3, -0.25) is 0 Å². The highest BCUT2D eigenvalue weighted by Crippen LogP contribution is 2.14. The van der Waals surface area contributed by atoms with Crippen LogP contribution in [-0.2, 0) is 4.74 Å². The van der Waals surface area contributed by atoms with Crippen LogP contribution in [0, 0.1) is 5.92 Å². The zero-order valence-corrected chi connectivity index (χ0v) is 9.92. The molecule has 1 aliphatic heterocycles. The predicted molar refractivity (Wildman–Crippen MR) is 59.5 cm³/mol. The molecule has 1 heterocycles. The summed E-state index contributed by atoms with van der Waals surface area (Å²) >= 11 is 0. The van der Waals surface area contributed by atoms with Gasteiger partial charge in [0.15, 0.2) is 0 Å². The number of rotatable bonds is 5. The molecular formula is C11H24N2O. The van der Waals surface area contributed by atoms with Crippen LogP contribution in [0.3, 0.4) is 0 Å². The molecular weight excluding hydrogens is 176 g/mol. The maximum absolute atomic E-state index is 5.11. The molecule has 0 saturated carbocycles. The largest absolute Gasteiger partial charge is 0.384 e. The Balaban J connectivity index is 2.13. The summed E-state index contributed by atoms with van der Waals surface area (Å²) in [4.78, 5) is 2.42. The van der Waals surface area contributed by atoms with Crippen molar-refractivity contribution >= 4 is 0 Å². The number of likely N-dealkylation sites (tertiary alicyclic amines) is 1. The average molecular weight is 200 g/mol. The van der Waals surface area contributed by atoms with E-state index in [4.69, 9.17) is 4.74 Å². The fourth-order valence-electron chi connectivity index (χ4n) is 2.05. The van der Waals surface area contributed by atoms with Gasteiger partial charge < -0.3 is 15.0 Å². The standard InChI is InChI=1S/C11H24N2O/c1-9(8-14-4)6-12-11-5-10(2)13(3)7-11/h9-12H,5-8H2,1-4H3. The summed E-state index contributed by atoms with van der Waals surface area (Å²) in [5.74, 6) is 0.612. The zero-order chi connectivity index (χ0) is 10.6. The molecule has 1 rings (SSSR count). The van der Waals surface area contributed by atoms with Crippen LogP contribution in [0.5, 0.6) is 0 Å².